The van der Waals surface area contributed by atoms with Gasteiger partial charge in [-0.1, -0.05) is 18.2 Å². The van der Waals surface area contributed by atoms with Crippen LogP contribution in [0.3, 0.4) is 0 Å². The molecule has 7 aromatic rings. The maximum absolute atomic E-state index is 10.1. The van der Waals surface area contributed by atoms with E-state index in [-0.39, 0.29) is 0 Å². The number of aromatic amines is 1. The van der Waals surface area contributed by atoms with E-state index in [2.05, 4.69) is 114 Å². The quantitative estimate of drug-likeness (QED) is 0.111. The first-order chi connectivity index (χ1) is 31.5. The number of nitrogen functional groups attached to an aromatic ring is 2. The van der Waals surface area contributed by atoms with Crippen molar-refractivity contribution in [2.24, 2.45) is 9.98 Å². The summed E-state index contributed by atoms with van der Waals surface area (Å²) in [6.45, 7) is 12.6. The van der Waals surface area contributed by atoms with E-state index in [0.717, 1.165) is 134 Å². The molecular weight excluding hydrogens is 809 g/mol. The molecule has 0 aliphatic carbocycles. The molecule has 0 atom stereocenters. The third kappa shape index (κ3) is 9.96. The molecule has 65 heavy (non-hydrogen) atoms. The average Bonchev–Trinajstić information content (AvgIpc) is 4.07. The fourth-order valence-electron chi connectivity index (χ4n) is 8.60. The van der Waals surface area contributed by atoms with Crippen molar-refractivity contribution in [3.8, 4) is 11.4 Å². The minimum atomic E-state index is 0.495. The molecular formula is C52H56N12O. The molecule has 7 heterocycles. The number of rotatable bonds is 6. The summed E-state index contributed by atoms with van der Waals surface area (Å²) in [6.07, 6.45) is 2.46. The lowest BCUT2D eigenvalue weighted by atomic mass is 9.99. The fraction of sp³-hybridized carbons (Fsp3) is 0.269. The van der Waals surface area contributed by atoms with Crippen LogP contribution in [-0.4, -0.2) is 114 Å². The number of nitrogens with one attached hydrogen (secondary N) is 1. The number of pyridine rings is 2. The Morgan fingerprint density at radius 2 is 1.17 bits per heavy atom. The number of carbonyl (C=O) groups is 1. The highest BCUT2D eigenvalue weighted by Crippen LogP contribution is 2.35. The zero-order valence-corrected chi connectivity index (χ0v) is 37.6. The van der Waals surface area contributed by atoms with Crippen molar-refractivity contribution >= 4 is 62.9 Å². The number of anilines is 4. The highest BCUT2D eigenvalue weighted by molar-refractivity contribution is 6.09. The van der Waals surface area contributed by atoms with Gasteiger partial charge in [0.15, 0.2) is 6.29 Å². The fourth-order valence-corrected chi connectivity index (χ4v) is 8.60. The van der Waals surface area contributed by atoms with Gasteiger partial charge in [-0.2, -0.15) is 0 Å². The number of nitrogens with two attached hydrogens (primary N) is 2. The van der Waals surface area contributed by atoms with Crippen LogP contribution in [0.1, 0.15) is 44.3 Å². The number of hydrogen-bond donors (Lipinski definition) is 3. The van der Waals surface area contributed by atoms with Gasteiger partial charge in [-0.05, 0) is 136 Å². The monoisotopic (exact) mass is 864 g/mol. The van der Waals surface area contributed by atoms with Crippen molar-refractivity contribution in [3.63, 3.8) is 0 Å². The van der Waals surface area contributed by atoms with Crippen LogP contribution in [0.2, 0.25) is 0 Å². The Hall–Kier alpha value is -7.22. The van der Waals surface area contributed by atoms with Crippen molar-refractivity contribution in [2.45, 2.75) is 26.7 Å². The lowest BCUT2D eigenvalue weighted by Gasteiger charge is -2.34. The zero-order chi connectivity index (χ0) is 45.0. The van der Waals surface area contributed by atoms with Crippen LogP contribution in [0, 0.1) is 13.8 Å². The maximum Gasteiger partial charge on any atom is 0.168 e. The molecule has 330 valence electrons. The number of aromatic nitrogens is 4. The Bertz CT molecular complexity index is 2920. The molecule has 2 fully saturated rings. The molecule has 11 rings (SSSR count). The molecule has 0 spiro atoms. The molecule has 0 radical (unpaired) electrons. The smallest absolute Gasteiger partial charge is 0.168 e. The van der Waals surface area contributed by atoms with Crippen LogP contribution >= 0.6 is 0 Å². The molecule has 0 bridgehead atoms. The van der Waals surface area contributed by atoms with Crippen LogP contribution in [0.25, 0.3) is 22.4 Å². The molecule has 2 saturated heterocycles. The SMILES string of the molecule is CN1CCN(c2ccc3nc(-c4ccc(N)c(N)c4)[nH]c3c2)CC1.Cc1cccc(C2=Nc3ccc(C4=Nc5ccc(N6CCN(C)CC6)cc5C4)cc3C2)n1.Cc1cccc(C=O)n1. The van der Waals surface area contributed by atoms with Crippen LogP contribution in [0.5, 0.6) is 0 Å². The lowest BCUT2D eigenvalue weighted by Crippen LogP contribution is -2.44. The molecule has 13 nitrogen and oxygen atoms in total. The Kier molecular flexibility index (Phi) is 12.5. The van der Waals surface area contributed by atoms with Gasteiger partial charge < -0.3 is 36.1 Å². The first-order valence-corrected chi connectivity index (χ1v) is 22.3. The Morgan fingerprint density at radius 3 is 1.83 bits per heavy atom. The second-order valence-corrected chi connectivity index (χ2v) is 17.3. The number of aryl methyl sites for hydroxylation is 2. The highest BCUT2D eigenvalue weighted by Gasteiger charge is 2.23. The number of aliphatic imine (C=N–C) groups is 2. The van der Waals surface area contributed by atoms with Gasteiger partial charge in [0.05, 0.1) is 50.9 Å². The van der Waals surface area contributed by atoms with Gasteiger partial charge in [0, 0.05) is 93.5 Å². The summed E-state index contributed by atoms with van der Waals surface area (Å²) >= 11 is 0. The number of likely N-dealkylation sites (N-methyl/N-ethyl adjacent to an activating group) is 2. The normalized spacial score (nSPS) is 15.9. The Labute approximate surface area is 380 Å². The molecule has 5 N–H and O–H groups in total. The molecule has 0 unspecified atom stereocenters. The van der Waals surface area contributed by atoms with Crippen molar-refractivity contribution in [2.75, 3.05) is 87.7 Å². The van der Waals surface area contributed by atoms with Gasteiger partial charge >= 0.3 is 0 Å². The predicted molar refractivity (Wildman–Crippen MR) is 266 cm³/mol. The number of nitrogens with zero attached hydrogens (tertiary/aromatic N) is 9. The van der Waals surface area contributed by atoms with Crippen molar-refractivity contribution in [3.05, 3.63) is 149 Å². The average molecular weight is 865 g/mol. The van der Waals surface area contributed by atoms with Crippen LogP contribution in [0.15, 0.2) is 119 Å². The van der Waals surface area contributed by atoms with Gasteiger partial charge in [0.2, 0.25) is 0 Å². The van der Waals surface area contributed by atoms with Crippen molar-refractivity contribution < 1.29 is 4.79 Å². The van der Waals surface area contributed by atoms with Gasteiger partial charge in [-0.25, -0.2) is 4.98 Å². The van der Waals surface area contributed by atoms with E-state index in [1.54, 1.807) is 6.07 Å². The molecule has 4 aliphatic heterocycles. The number of H-pyrrole nitrogens is 1. The van der Waals surface area contributed by atoms with Gasteiger partial charge in [0.25, 0.3) is 0 Å². The summed E-state index contributed by atoms with van der Waals surface area (Å²) in [5.74, 6) is 0.812. The van der Waals surface area contributed by atoms with E-state index < -0.39 is 0 Å². The minimum absolute atomic E-state index is 0.495. The molecule has 0 amide bonds. The summed E-state index contributed by atoms with van der Waals surface area (Å²) < 4.78 is 0. The third-order valence-electron chi connectivity index (χ3n) is 12.5. The molecule has 13 heteroatoms. The minimum Gasteiger partial charge on any atom is -0.397 e. The summed E-state index contributed by atoms with van der Waals surface area (Å²) in [4.78, 5) is 46.2. The number of aldehydes is 1. The van der Waals surface area contributed by atoms with E-state index in [1.807, 2.05) is 56.3 Å². The number of imidazole rings is 1. The van der Waals surface area contributed by atoms with E-state index in [0.29, 0.717) is 17.1 Å². The summed E-state index contributed by atoms with van der Waals surface area (Å²) in [7, 11) is 4.36. The molecule has 4 aliphatic rings. The largest absolute Gasteiger partial charge is 0.397 e. The van der Waals surface area contributed by atoms with Gasteiger partial charge in [-0.15, -0.1) is 0 Å². The van der Waals surface area contributed by atoms with Gasteiger partial charge in [0.1, 0.15) is 11.5 Å². The number of hydrogen-bond acceptors (Lipinski definition) is 12. The van der Waals surface area contributed by atoms with Crippen LogP contribution < -0.4 is 21.3 Å². The number of fused-ring (bicyclic) bond motifs is 3. The zero-order valence-electron chi connectivity index (χ0n) is 37.6. The first-order valence-electron chi connectivity index (χ1n) is 22.3. The van der Waals surface area contributed by atoms with Crippen LogP contribution in [0.4, 0.5) is 34.1 Å². The van der Waals surface area contributed by atoms with Crippen molar-refractivity contribution in [1.82, 2.24) is 29.7 Å². The number of carbonyl (C=O) groups excluding carboxylic acids is 1. The molecule has 3 aromatic heterocycles. The van der Waals surface area contributed by atoms with Crippen molar-refractivity contribution in [1.29, 1.82) is 0 Å². The number of benzene rings is 4. The van der Waals surface area contributed by atoms with E-state index >= 15 is 0 Å². The van der Waals surface area contributed by atoms with E-state index in [9.17, 15) is 4.79 Å². The maximum atomic E-state index is 10.1. The standard InChI is InChI=1S/C27H27N5.C18H22N6.C7H7NO/c1-18-4-3-5-25(28-18)27-17-20-14-19(6-8-23(20)30-27)26-16-21-15-22(7-9-24(21)29-26)32-12-10-31(2)11-13-32;1-23-6-8-24(9-7-23)13-3-5-16-17(11-13)22-18(21-16)12-2-4-14(19)15(20)10-12;1-6-3-2-4-7(5-9)8-6/h3-9,14-15H,10-13,16-17H2,1-2H3;2-5,10-11H,6-9,19-20H2,1H3,(H,21,22);2-5H,1H3. The molecule has 0 saturated carbocycles. The highest BCUT2D eigenvalue weighted by atomic mass is 16.1. The molecule has 4 aromatic carbocycles. The topological polar surface area (TPSA) is 161 Å². The second kappa shape index (κ2) is 18.9. The first kappa shape index (κ1) is 43.1. The number of piperazine rings is 2. The second-order valence-electron chi connectivity index (χ2n) is 17.3. The Morgan fingerprint density at radius 1 is 0.569 bits per heavy atom. The van der Waals surface area contributed by atoms with Crippen LogP contribution in [-0.2, 0) is 12.8 Å². The lowest BCUT2D eigenvalue weighted by molar-refractivity contribution is 0.111. The Balaban J connectivity index is 0.000000142. The summed E-state index contributed by atoms with van der Waals surface area (Å²) in [5, 5.41) is 0. The third-order valence-corrected chi connectivity index (χ3v) is 12.5. The van der Waals surface area contributed by atoms with Gasteiger partial charge in [-0.3, -0.25) is 24.7 Å². The summed E-state index contributed by atoms with van der Waals surface area (Å²) in [6, 6.07) is 36.8. The van der Waals surface area contributed by atoms with E-state index in [1.165, 1.54) is 28.1 Å². The van der Waals surface area contributed by atoms with E-state index in [4.69, 9.17) is 21.5 Å². The summed E-state index contributed by atoms with van der Waals surface area (Å²) in [5.41, 5.74) is 29.9. The predicted octanol–water partition coefficient (Wildman–Crippen LogP) is 7.84.